The Morgan fingerprint density at radius 1 is 1.33 bits per heavy atom. The summed E-state index contributed by atoms with van der Waals surface area (Å²) >= 11 is 0. The van der Waals surface area contributed by atoms with Crippen LogP contribution in [-0.4, -0.2) is 27.6 Å². The Hall–Kier alpha value is -2.84. The Labute approximate surface area is 154 Å². The Morgan fingerprint density at radius 3 is 2.70 bits per heavy atom. The highest BCUT2D eigenvalue weighted by atomic mass is 19.4. The quantitative estimate of drug-likeness (QED) is 0.884. The monoisotopic (exact) mass is 380 g/mol. The Kier molecular flexibility index (Phi) is 4.95. The van der Waals surface area contributed by atoms with Crippen molar-refractivity contribution in [3.8, 4) is 0 Å². The summed E-state index contributed by atoms with van der Waals surface area (Å²) in [5.41, 5.74) is -0.566. The predicted octanol–water partition coefficient (Wildman–Crippen LogP) is 3.36. The molecule has 3 rings (SSSR count). The zero-order valence-corrected chi connectivity index (χ0v) is 14.9. The van der Waals surface area contributed by atoms with Crippen LogP contribution in [-0.2, 0) is 22.3 Å². The first kappa shape index (κ1) is 18.9. The lowest BCUT2D eigenvalue weighted by molar-refractivity contribution is -0.137. The number of alkyl halides is 3. The highest BCUT2D eigenvalue weighted by molar-refractivity contribution is 6.05. The smallest absolute Gasteiger partial charge is 0.324 e. The van der Waals surface area contributed by atoms with E-state index >= 15 is 0 Å². The van der Waals surface area contributed by atoms with Crippen molar-refractivity contribution in [3.63, 3.8) is 0 Å². The minimum Gasteiger partial charge on any atom is -0.324 e. The van der Waals surface area contributed by atoms with Crippen LogP contribution in [0.25, 0.3) is 0 Å². The summed E-state index contributed by atoms with van der Waals surface area (Å²) in [6, 6.07) is 5.52. The van der Waals surface area contributed by atoms with Crippen molar-refractivity contribution in [2.75, 3.05) is 10.2 Å². The lowest BCUT2D eigenvalue weighted by atomic mass is 10.1. The molecule has 0 bridgehead atoms. The fourth-order valence-corrected chi connectivity index (χ4v) is 3.21. The van der Waals surface area contributed by atoms with Gasteiger partial charge in [-0.1, -0.05) is 19.1 Å². The van der Waals surface area contributed by atoms with Crippen LogP contribution < -0.4 is 10.2 Å². The number of aromatic nitrogens is 2. The summed E-state index contributed by atoms with van der Waals surface area (Å²) in [5.74, 6) is -0.446. The largest absolute Gasteiger partial charge is 0.418 e. The Balaban J connectivity index is 1.91. The number of benzene rings is 1. The van der Waals surface area contributed by atoms with E-state index in [4.69, 9.17) is 0 Å². The number of carbonyl (C=O) groups is 2. The van der Waals surface area contributed by atoms with Gasteiger partial charge >= 0.3 is 6.18 Å². The van der Waals surface area contributed by atoms with Crippen LogP contribution in [0.3, 0.4) is 0 Å². The number of rotatable bonds is 4. The second-order valence-corrected chi connectivity index (χ2v) is 6.34. The zero-order chi connectivity index (χ0) is 19.8. The van der Waals surface area contributed by atoms with Gasteiger partial charge in [-0.25, -0.2) is 4.68 Å². The number of nitrogens with zero attached hydrogens (tertiary/aromatic N) is 3. The van der Waals surface area contributed by atoms with Gasteiger partial charge in [-0.05, 0) is 25.5 Å². The predicted molar refractivity (Wildman–Crippen MR) is 93.2 cm³/mol. The number of para-hydroxylation sites is 1. The van der Waals surface area contributed by atoms with E-state index < -0.39 is 23.7 Å². The lowest BCUT2D eigenvalue weighted by Crippen LogP contribution is -2.50. The molecule has 9 heteroatoms. The summed E-state index contributed by atoms with van der Waals surface area (Å²) in [6.45, 7) is 3.89. The third-order valence-electron chi connectivity index (χ3n) is 4.43. The van der Waals surface area contributed by atoms with Gasteiger partial charge in [0.1, 0.15) is 11.9 Å². The van der Waals surface area contributed by atoms with Crippen LogP contribution in [0.5, 0.6) is 0 Å². The standard InChI is InChI=1S/C18H19F3N4O2/c1-3-14(25-15-10-11(2)23-24(15)9-8-16(25)26)17(27)22-13-7-5-4-6-12(13)18(19,20)21/h4-7,10,14H,3,8-9H2,1-2H3,(H,22,27). The topological polar surface area (TPSA) is 67.2 Å². The molecule has 1 unspecified atom stereocenters. The fourth-order valence-electron chi connectivity index (χ4n) is 3.21. The third-order valence-corrected chi connectivity index (χ3v) is 4.43. The number of carbonyl (C=O) groups excluding carboxylic acids is 2. The maximum Gasteiger partial charge on any atom is 0.418 e. The molecule has 6 nitrogen and oxygen atoms in total. The van der Waals surface area contributed by atoms with E-state index in [-0.39, 0.29) is 24.4 Å². The van der Waals surface area contributed by atoms with Gasteiger partial charge < -0.3 is 5.32 Å². The van der Waals surface area contributed by atoms with Crippen molar-refractivity contribution in [2.24, 2.45) is 0 Å². The van der Waals surface area contributed by atoms with Crippen molar-refractivity contribution in [1.82, 2.24) is 9.78 Å². The summed E-state index contributed by atoms with van der Waals surface area (Å²) in [7, 11) is 0. The number of hydrogen-bond donors (Lipinski definition) is 1. The van der Waals surface area contributed by atoms with Gasteiger partial charge in [-0.3, -0.25) is 14.5 Å². The average molecular weight is 380 g/mol. The van der Waals surface area contributed by atoms with Crippen LogP contribution in [0.2, 0.25) is 0 Å². The molecule has 1 aromatic carbocycles. The van der Waals surface area contributed by atoms with Crippen LogP contribution in [0.4, 0.5) is 24.7 Å². The normalized spacial score (nSPS) is 15.4. The highest BCUT2D eigenvalue weighted by Crippen LogP contribution is 2.35. The van der Waals surface area contributed by atoms with Crippen LogP contribution >= 0.6 is 0 Å². The fraction of sp³-hybridized carbons (Fsp3) is 0.389. The van der Waals surface area contributed by atoms with E-state index in [1.54, 1.807) is 24.6 Å². The number of anilines is 2. The SMILES string of the molecule is CCC(C(=O)Nc1ccccc1C(F)(F)F)N1C(=O)CCn2nc(C)cc21. The summed E-state index contributed by atoms with van der Waals surface area (Å²) in [6.07, 6.45) is -4.17. The summed E-state index contributed by atoms with van der Waals surface area (Å²) in [4.78, 5) is 26.6. The van der Waals surface area contributed by atoms with Crippen molar-refractivity contribution < 1.29 is 22.8 Å². The van der Waals surface area contributed by atoms with E-state index in [1.165, 1.54) is 23.1 Å². The molecule has 144 valence electrons. The van der Waals surface area contributed by atoms with E-state index in [0.717, 1.165) is 6.07 Å². The van der Waals surface area contributed by atoms with E-state index in [9.17, 15) is 22.8 Å². The van der Waals surface area contributed by atoms with Crippen molar-refractivity contribution in [3.05, 3.63) is 41.6 Å². The lowest BCUT2D eigenvalue weighted by Gasteiger charge is -2.33. The molecule has 0 saturated heterocycles. The van der Waals surface area contributed by atoms with Crippen LogP contribution in [0.1, 0.15) is 31.0 Å². The molecular weight excluding hydrogens is 361 g/mol. The molecule has 0 spiro atoms. The first-order valence-electron chi connectivity index (χ1n) is 8.56. The zero-order valence-electron chi connectivity index (χ0n) is 14.9. The second kappa shape index (κ2) is 7.05. The maximum atomic E-state index is 13.2. The number of halogens is 3. The summed E-state index contributed by atoms with van der Waals surface area (Å²) < 4.78 is 41.1. The van der Waals surface area contributed by atoms with Crippen LogP contribution in [0, 0.1) is 6.92 Å². The van der Waals surface area contributed by atoms with Gasteiger partial charge in [0.05, 0.1) is 23.5 Å². The molecule has 0 fully saturated rings. The third kappa shape index (κ3) is 3.67. The molecule has 1 aliphatic rings. The molecule has 0 aliphatic carbocycles. The van der Waals surface area contributed by atoms with E-state index in [0.29, 0.717) is 18.1 Å². The highest BCUT2D eigenvalue weighted by Gasteiger charge is 2.37. The number of fused-ring (bicyclic) bond motifs is 1. The van der Waals surface area contributed by atoms with Crippen molar-refractivity contribution in [2.45, 2.75) is 45.5 Å². The van der Waals surface area contributed by atoms with Gasteiger partial charge in [-0.15, -0.1) is 0 Å². The Morgan fingerprint density at radius 2 is 2.04 bits per heavy atom. The first-order chi connectivity index (χ1) is 12.7. The average Bonchev–Trinajstić information content (AvgIpc) is 2.97. The molecule has 0 saturated carbocycles. The molecule has 1 N–H and O–H groups in total. The van der Waals surface area contributed by atoms with Crippen molar-refractivity contribution >= 4 is 23.3 Å². The van der Waals surface area contributed by atoms with Gasteiger partial charge in [0.25, 0.3) is 0 Å². The minimum atomic E-state index is -4.59. The number of hydrogen-bond acceptors (Lipinski definition) is 3. The van der Waals surface area contributed by atoms with Gasteiger partial charge in [0, 0.05) is 12.5 Å². The molecule has 2 aromatic rings. The molecule has 1 aliphatic heterocycles. The molecule has 2 amide bonds. The minimum absolute atomic E-state index is 0.178. The second-order valence-electron chi connectivity index (χ2n) is 6.34. The Bertz CT molecular complexity index is 876. The van der Waals surface area contributed by atoms with Gasteiger partial charge in [-0.2, -0.15) is 18.3 Å². The summed E-state index contributed by atoms with van der Waals surface area (Å²) in [5, 5.41) is 6.63. The van der Waals surface area contributed by atoms with E-state index in [2.05, 4.69) is 10.4 Å². The molecule has 2 heterocycles. The van der Waals surface area contributed by atoms with Crippen LogP contribution in [0.15, 0.2) is 30.3 Å². The number of aryl methyl sites for hydroxylation is 2. The molecule has 1 atom stereocenters. The van der Waals surface area contributed by atoms with Crippen molar-refractivity contribution in [1.29, 1.82) is 0 Å². The maximum absolute atomic E-state index is 13.2. The molecular formula is C18H19F3N4O2. The number of amides is 2. The van der Waals surface area contributed by atoms with E-state index in [1.807, 2.05) is 0 Å². The number of nitrogens with one attached hydrogen (secondary N) is 1. The molecule has 27 heavy (non-hydrogen) atoms. The first-order valence-corrected chi connectivity index (χ1v) is 8.56. The van der Waals surface area contributed by atoms with Gasteiger partial charge in [0.15, 0.2) is 0 Å². The van der Waals surface area contributed by atoms with Gasteiger partial charge in [0.2, 0.25) is 11.8 Å². The molecule has 1 aromatic heterocycles. The molecule has 0 radical (unpaired) electrons.